The molecule has 0 saturated carbocycles. The molecule has 0 bridgehead atoms. The quantitative estimate of drug-likeness (QED) is 0.501. The third-order valence-electron chi connectivity index (χ3n) is 4.15. The first-order chi connectivity index (χ1) is 9.27. The Morgan fingerprint density at radius 3 is 2.80 bits per heavy atom. The average molecular weight is 296 g/mol. The number of nitrogens with zero attached hydrogens (tertiary/aromatic N) is 1. The molecule has 1 aromatic rings. The second kappa shape index (κ2) is 5.26. The lowest BCUT2D eigenvalue weighted by Crippen LogP contribution is -2.58. The Labute approximate surface area is 125 Å². The van der Waals surface area contributed by atoms with E-state index in [4.69, 9.17) is 17.4 Å². The summed E-state index contributed by atoms with van der Waals surface area (Å²) in [6.45, 7) is 8.38. The van der Waals surface area contributed by atoms with Gasteiger partial charge in [0.2, 0.25) is 0 Å². The first-order valence-electron chi connectivity index (χ1n) is 6.87. The van der Waals surface area contributed by atoms with Gasteiger partial charge in [-0.05, 0) is 56.9 Å². The molecule has 0 saturated heterocycles. The number of halogens is 1. The summed E-state index contributed by atoms with van der Waals surface area (Å²) in [6, 6.07) is 5.53. The number of carbonyl (C=O) groups excluding carboxylic acids is 1. The first-order valence-corrected chi connectivity index (χ1v) is 7.25. The van der Waals surface area contributed by atoms with Crippen molar-refractivity contribution in [1.82, 2.24) is 5.43 Å². The molecule has 3 N–H and O–H groups in total. The van der Waals surface area contributed by atoms with Crippen LogP contribution in [0.1, 0.15) is 45.6 Å². The molecule has 2 atom stereocenters. The normalized spacial score (nSPS) is 22.1. The van der Waals surface area contributed by atoms with Crippen LogP contribution in [-0.4, -0.2) is 17.5 Å². The number of amides is 1. The van der Waals surface area contributed by atoms with Gasteiger partial charge in [-0.1, -0.05) is 18.5 Å². The van der Waals surface area contributed by atoms with Crippen LogP contribution in [0, 0.1) is 0 Å². The van der Waals surface area contributed by atoms with Crippen LogP contribution in [0.2, 0.25) is 5.02 Å². The van der Waals surface area contributed by atoms with Gasteiger partial charge >= 0.3 is 0 Å². The van der Waals surface area contributed by atoms with Crippen molar-refractivity contribution in [1.29, 1.82) is 0 Å². The van der Waals surface area contributed by atoms with Crippen LogP contribution in [-0.2, 0) is 4.79 Å². The van der Waals surface area contributed by atoms with Gasteiger partial charge < -0.3 is 4.90 Å². The maximum absolute atomic E-state index is 12.0. The van der Waals surface area contributed by atoms with Gasteiger partial charge in [0.05, 0.1) is 0 Å². The fourth-order valence-electron chi connectivity index (χ4n) is 3.39. The molecule has 1 aromatic carbocycles. The van der Waals surface area contributed by atoms with Gasteiger partial charge in [0.1, 0.15) is 6.04 Å². The highest BCUT2D eigenvalue weighted by Gasteiger charge is 2.40. The molecule has 1 amide bonds. The van der Waals surface area contributed by atoms with Gasteiger partial charge in [0.25, 0.3) is 5.91 Å². The Bertz CT molecular complexity index is 530. The van der Waals surface area contributed by atoms with Crippen molar-refractivity contribution in [2.24, 2.45) is 5.84 Å². The number of carbonyl (C=O) groups is 1. The average Bonchev–Trinajstić information content (AvgIpc) is 2.37. The predicted octanol–water partition coefficient (Wildman–Crippen LogP) is 2.81. The number of hydrogen-bond donors (Lipinski definition) is 2. The van der Waals surface area contributed by atoms with E-state index in [9.17, 15) is 4.79 Å². The summed E-state index contributed by atoms with van der Waals surface area (Å²) >= 11 is 6.11. The van der Waals surface area contributed by atoms with E-state index in [1.807, 2.05) is 25.1 Å². The minimum Gasteiger partial charge on any atom is -0.354 e. The van der Waals surface area contributed by atoms with Crippen molar-refractivity contribution in [2.45, 2.75) is 51.6 Å². The Morgan fingerprint density at radius 1 is 1.55 bits per heavy atom. The van der Waals surface area contributed by atoms with E-state index >= 15 is 0 Å². The van der Waals surface area contributed by atoms with Crippen molar-refractivity contribution in [3.05, 3.63) is 28.8 Å². The molecule has 0 unspecified atom stereocenters. The Hall–Kier alpha value is -1.26. The van der Waals surface area contributed by atoms with Crippen LogP contribution in [0.15, 0.2) is 18.2 Å². The highest BCUT2D eigenvalue weighted by molar-refractivity contribution is 6.30. The van der Waals surface area contributed by atoms with Crippen LogP contribution in [0.3, 0.4) is 0 Å². The van der Waals surface area contributed by atoms with E-state index in [2.05, 4.69) is 31.1 Å². The number of nitrogens with two attached hydrogens (primary N) is 1. The molecule has 20 heavy (non-hydrogen) atoms. The number of benzene rings is 1. The van der Waals surface area contributed by atoms with Crippen molar-refractivity contribution >= 4 is 23.2 Å². The summed E-state index contributed by atoms with van der Waals surface area (Å²) < 4.78 is 0. The van der Waals surface area contributed by atoms with E-state index in [-0.39, 0.29) is 17.5 Å². The summed E-state index contributed by atoms with van der Waals surface area (Å²) in [4.78, 5) is 14.1. The fraction of sp³-hybridized carbons (Fsp3) is 0.533. The summed E-state index contributed by atoms with van der Waals surface area (Å²) in [5, 5.41) is 0.728. The Morgan fingerprint density at radius 2 is 2.20 bits per heavy atom. The molecule has 0 aliphatic carbocycles. The second-order valence-electron chi connectivity index (χ2n) is 6.18. The zero-order valence-electron chi connectivity index (χ0n) is 12.4. The molecular formula is C15H22ClN3O. The number of fused-ring (bicyclic) bond motifs is 1. The Kier molecular flexibility index (Phi) is 3.98. The standard InChI is InChI=1S/C15H22ClN3O/c1-9-8-15(3,4)19(10(2)14(20)18-17)13-6-5-11(16)7-12(9)13/h5-7,9-10H,8,17H2,1-4H3,(H,18,20)/t9-,10+/m0/s1. The monoisotopic (exact) mass is 295 g/mol. The highest BCUT2D eigenvalue weighted by Crippen LogP contribution is 2.45. The minimum atomic E-state index is -0.331. The van der Waals surface area contributed by atoms with E-state index in [0.717, 1.165) is 17.1 Å². The Balaban J connectivity index is 2.54. The summed E-state index contributed by atoms with van der Waals surface area (Å²) in [5.41, 5.74) is 4.38. The summed E-state index contributed by atoms with van der Waals surface area (Å²) in [5.74, 6) is 5.51. The van der Waals surface area contributed by atoms with Gasteiger partial charge in [-0.3, -0.25) is 10.2 Å². The SMILES string of the molecule is C[C@H](C(=O)NN)N1c2ccc(Cl)cc2[C@@H](C)CC1(C)C. The number of anilines is 1. The maximum atomic E-state index is 12.0. The number of nitrogens with one attached hydrogen (secondary N) is 1. The molecule has 2 rings (SSSR count). The third-order valence-corrected chi connectivity index (χ3v) is 4.38. The second-order valence-corrected chi connectivity index (χ2v) is 6.61. The van der Waals surface area contributed by atoms with E-state index in [0.29, 0.717) is 5.92 Å². The highest BCUT2D eigenvalue weighted by atomic mass is 35.5. The van der Waals surface area contributed by atoms with Crippen LogP contribution in [0.5, 0.6) is 0 Å². The molecule has 1 aliphatic rings. The molecular weight excluding hydrogens is 274 g/mol. The van der Waals surface area contributed by atoms with Crippen LogP contribution >= 0.6 is 11.6 Å². The zero-order chi connectivity index (χ0) is 15.1. The maximum Gasteiger partial charge on any atom is 0.256 e. The molecule has 4 nitrogen and oxygen atoms in total. The number of hydrogen-bond acceptors (Lipinski definition) is 3. The third kappa shape index (κ3) is 2.50. The van der Waals surface area contributed by atoms with Crippen LogP contribution in [0.25, 0.3) is 0 Å². The lowest BCUT2D eigenvalue weighted by Gasteiger charge is -2.49. The minimum absolute atomic E-state index is 0.119. The van der Waals surface area contributed by atoms with E-state index in [1.165, 1.54) is 5.56 Å². The molecule has 1 heterocycles. The van der Waals surface area contributed by atoms with Crippen molar-refractivity contribution < 1.29 is 4.79 Å². The molecule has 110 valence electrons. The summed E-state index contributed by atoms with van der Waals surface area (Å²) in [7, 11) is 0. The fourth-order valence-corrected chi connectivity index (χ4v) is 3.57. The molecule has 0 spiro atoms. The lowest BCUT2D eigenvalue weighted by molar-refractivity contribution is -0.122. The first kappa shape index (κ1) is 15.1. The predicted molar refractivity (Wildman–Crippen MR) is 82.8 cm³/mol. The van der Waals surface area contributed by atoms with Gasteiger partial charge in [-0.2, -0.15) is 0 Å². The van der Waals surface area contributed by atoms with Gasteiger partial charge in [-0.25, -0.2) is 5.84 Å². The molecule has 5 heteroatoms. The lowest BCUT2D eigenvalue weighted by atomic mass is 9.79. The largest absolute Gasteiger partial charge is 0.354 e. The molecule has 1 aliphatic heterocycles. The molecule has 0 aromatic heterocycles. The zero-order valence-corrected chi connectivity index (χ0v) is 13.2. The van der Waals surface area contributed by atoms with Gasteiger partial charge in [-0.15, -0.1) is 0 Å². The van der Waals surface area contributed by atoms with Gasteiger partial charge in [0.15, 0.2) is 0 Å². The topological polar surface area (TPSA) is 58.4 Å². The smallest absolute Gasteiger partial charge is 0.256 e. The van der Waals surface area contributed by atoms with Crippen molar-refractivity contribution in [3.63, 3.8) is 0 Å². The van der Waals surface area contributed by atoms with E-state index < -0.39 is 0 Å². The van der Waals surface area contributed by atoms with E-state index in [1.54, 1.807) is 0 Å². The van der Waals surface area contributed by atoms with Gasteiger partial charge in [0, 0.05) is 16.2 Å². The van der Waals surface area contributed by atoms with Crippen LogP contribution < -0.4 is 16.2 Å². The molecule has 0 radical (unpaired) electrons. The molecule has 0 fully saturated rings. The van der Waals surface area contributed by atoms with Crippen molar-refractivity contribution in [2.75, 3.05) is 4.90 Å². The van der Waals surface area contributed by atoms with Crippen molar-refractivity contribution in [3.8, 4) is 0 Å². The summed E-state index contributed by atoms with van der Waals surface area (Å²) in [6.07, 6.45) is 0.961. The van der Waals surface area contributed by atoms with Crippen LogP contribution in [0.4, 0.5) is 5.69 Å². The number of hydrazine groups is 1. The number of rotatable bonds is 2.